The Hall–Kier alpha value is -3.86. The number of hydrogen-bond donors (Lipinski definition) is 3. The molecule has 5 heteroatoms. The van der Waals surface area contributed by atoms with Crippen LogP contribution in [0.25, 0.3) is 0 Å². The number of benzene rings is 3. The SMILES string of the molecule is Cc1cc(NCCc2ccc(O)cc2)nc(NCC(c2ccccc2)c2ccccc2)n1. The minimum Gasteiger partial charge on any atom is -0.508 e. The topological polar surface area (TPSA) is 70.1 Å². The summed E-state index contributed by atoms with van der Waals surface area (Å²) >= 11 is 0. The minimum absolute atomic E-state index is 0.201. The van der Waals surface area contributed by atoms with Crippen LogP contribution in [0, 0.1) is 6.92 Å². The molecule has 4 rings (SSSR count). The van der Waals surface area contributed by atoms with Crippen LogP contribution in [0.2, 0.25) is 0 Å². The smallest absolute Gasteiger partial charge is 0.224 e. The minimum atomic E-state index is 0.201. The van der Waals surface area contributed by atoms with E-state index in [0.29, 0.717) is 12.5 Å². The summed E-state index contributed by atoms with van der Waals surface area (Å²) in [5.74, 6) is 1.91. The molecule has 0 unspecified atom stereocenters. The fraction of sp³-hybridized carbons (Fsp3) is 0.185. The summed E-state index contributed by atoms with van der Waals surface area (Å²) in [4.78, 5) is 9.24. The van der Waals surface area contributed by atoms with E-state index < -0.39 is 0 Å². The normalized spacial score (nSPS) is 10.8. The predicted molar refractivity (Wildman–Crippen MR) is 130 cm³/mol. The van der Waals surface area contributed by atoms with Crippen molar-refractivity contribution in [3.8, 4) is 5.75 Å². The first kappa shape index (κ1) is 21.4. The van der Waals surface area contributed by atoms with Gasteiger partial charge < -0.3 is 15.7 Å². The van der Waals surface area contributed by atoms with E-state index >= 15 is 0 Å². The Labute approximate surface area is 189 Å². The molecule has 0 amide bonds. The lowest BCUT2D eigenvalue weighted by Gasteiger charge is -2.19. The van der Waals surface area contributed by atoms with Crippen molar-refractivity contribution in [3.05, 3.63) is 113 Å². The van der Waals surface area contributed by atoms with Crippen LogP contribution in [0.5, 0.6) is 5.75 Å². The second kappa shape index (κ2) is 10.4. The summed E-state index contributed by atoms with van der Waals surface area (Å²) in [6.45, 7) is 3.42. The number of phenolic OH excluding ortho intramolecular Hbond substituents is 1. The zero-order chi connectivity index (χ0) is 22.2. The molecular formula is C27H28N4O. The highest BCUT2D eigenvalue weighted by Gasteiger charge is 2.14. The van der Waals surface area contributed by atoms with Crippen LogP contribution in [0.1, 0.15) is 28.3 Å². The molecule has 1 aromatic heterocycles. The number of anilines is 2. The molecular weight excluding hydrogens is 396 g/mol. The molecule has 0 saturated carbocycles. The van der Waals surface area contributed by atoms with Gasteiger partial charge in [-0.3, -0.25) is 0 Å². The van der Waals surface area contributed by atoms with Gasteiger partial charge >= 0.3 is 0 Å². The molecule has 0 fully saturated rings. The monoisotopic (exact) mass is 424 g/mol. The molecule has 0 atom stereocenters. The first-order valence-corrected chi connectivity index (χ1v) is 10.9. The Kier molecular flexibility index (Phi) is 6.98. The van der Waals surface area contributed by atoms with Crippen molar-refractivity contribution >= 4 is 11.8 Å². The van der Waals surface area contributed by atoms with Crippen molar-refractivity contribution in [3.63, 3.8) is 0 Å². The van der Waals surface area contributed by atoms with Crippen molar-refractivity contribution in [1.82, 2.24) is 9.97 Å². The fourth-order valence-electron chi connectivity index (χ4n) is 3.73. The van der Waals surface area contributed by atoms with Gasteiger partial charge in [0.2, 0.25) is 5.95 Å². The van der Waals surface area contributed by atoms with E-state index in [4.69, 9.17) is 0 Å². The van der Waals surface area contributed by atoms with Crippen LogP contribution in [0.15, 0.2) is 91.0 Å². The van der Waals surface area contributed by atoms with Crippen LogP contribution in [-0.2, 0) is 6.42 Å². The standard InChI is InChI=1S/C27H28N4O/c1-20-18-26(28-17-16-21-12-14-24(32)15-13-21)31-27(30-20)29-19-25(22-8-4-2-5-9-22)23-10-6-3-7-11-23/h2-15,18,25,32H,16-17,19H2,1H3,(H2,28,29,30,31). The maximum Gasteiger partial charge on any atom is 0.224 e. The maximum absolute atomic E-state index is 9.42. The largest absolute Gasteiger partial charge is 0.508 e. The van der Waals surface area contributed by atoms with Gasteiger partial charge in [0.1, 0.15) is 11.6 Å². The van der Waals surface area contributed by atoms with E-state index in [2.05, 4.69) is 69.1 Å². The van der Waals surface area contributed by atoms with E-state index in [0.717, 1.165) is 30.0 Å². The van der Waals surface area contributed by atoms with Gasteiger partial charge in [-0.05, 0) is 42.2 Å². The fourth-order valence-corrected chi connectivity index (χ4v) is 3.73. The predicted octanol–water partition coefficient (Wildman–Crippen LogP) is 5.39. The molecule has 162 valence electrons. The van der Waals surface area contributed by atoms with Crippen LogP contribution in [-0.4, -0.2) is 28.2 Å². The number of aryl methyl sites for hydroxylation is 1. The molecule has 5 nitrogen and oxygen atoms in total. The van der Waals surface area contributed by atoms with Crippen molar-refractivity contribution in [2.45, 2.75) is 19.3 Å². The Morgan fingerprint density at radius 2 is 1.41 bits per heavy atom. The van der Waals surface area contributed by atoms with E-state index in [-0.39, 0.29) is 11.7 Å². The van der Waals surface area contributed by atoms with Crippen molar-refractivity contribution in [1.29, 1.82) is 0 Å². The van der Waals surface area contributed by atoms with Gasteiger partial charge in [-0.1, -0.05) is 72.8 Å². The molecule has 0 bridgehead atoms. The first-order chi connectivity index (χ1) is 15.7. The summed E-state index contributed by atoms with van der Waals surface area (Å²) < 4.78 is 0. The lowest BCUT2D eigenvalue weighted by molar-refractivity contribution is 0.475. The molecule has 0 spiro atoms. The van der Waals surface area contributed by atoms with E-state index in [1.54, 1.807) is 12.1 Å². The maximum atomic E-state index is 9.42. The van der Waals surface area contributed by atoms with Gasteiger partial charge in [0, 0.05) is 30.8 Å². The molecule has 0 aliphatic rings. The van der Waals surface area contributed by atoms with Crippen LogP contribution in [0.3, 0.4) is 0 Å². The van der Waals surface area contributed by atoms with E-state index in [1.807, 2.05) is 37.3 Å². The summed E-state index contributed by atoms with van der Waals surface area (Å²) in [5, 5.41) is 16.3. The average Bonchev–Trinajstić information content (AvgIpc) is 2.82. The van der Waals surface area contributed by atoms with Gasteiger partial charge in [0.15, 0.2) is 0 Å². The second-order valence-electron chi connectivity index (χ2n) is 7.82. The van der Waals surface area contributed by atoms with Gasteiger partial charge in [-0.25, -0.2) is 4.98 Å². The third kappa shape index (κ3) is 5.85. The number of phenols is 1. The summed E-state index contributed by atoms with van der Waals surface area (Å²) in [6, 6.07) is 30.3. The second-order valence-corrected chi connectivity index (χ2v) is 7.82. The summed E-state index contributed by atoms with van der Waals surface area (Å²) in [6.07, 6.45) is 0.843. The Morgan fingerprint density at radius 1 is 0.781 bits per heavy atom. The van der Waals surface area contributed by atoms with E-state index in [1.165, 1.54) is 11.1 Å². The van der Waals surface area contributed by atoms with E-state index in [9.17, 15) is 5.11 Å². The quantitative estimate of drug-likeness (QED) is 0.336. The third-order valence-electron chi connectivity index (χ3n) is 5.38. The highest BCUT2D eigenvalue weighted by atomic mass is 16.3. The highest BCUT2D eigenvalue weighted by molar-refractivity contribution is 5.43. The Balaban J connectivity index is 1.42. The summed E-state index contributed by atoms with van der Waals surface area (Å²) in [5.41, 5.74) is 4.58. The highest BCUT2D eigenvalue weighted by Crippen LogP contribution is 2.25. The van der Waals surface area contributed by atoms with Gasteiger partial charge in [-0.15, -0.1) is 0 Å². The van der Waals surface area contributed by atoms with Crippen molar-refractivity contribution in [2.75, 3.05) is 23.7 Å². The molecule has 4 aromatic rings. The number of nitrogens with zero attached hydrogens (tertiary/aromatic N) is 2. The zero-order valence-electron chi connectivity index (χ0n) is 18.2. The number of rotatable bonds is 9. The molecule has 3 aromatic carbocycles. The number of aromatic nitrogens is 2. The van der Waals surface area contributed by atoms with Gasteiger partial charge in [0.05, 0.1) is 0 Å². The van der Waals surface area contributed by atoms with Crippen LogP contribution < -0.4 is 10.6 Å². The lowest BCUT2D eigenvalue weighted by atomic mass is 9.91. The Morgan fingerprint density at radius 3 is 2.03 bits per heavy atom. The average molecular weight is 425 g/mol. The lowest BCUT2D eigenvalue weighted by Crippen LogP contribution is -2.16. The molecule has 3 N–H and O–H groups in total. The Bertz CT molecular complexity index is 1080. The molecule has 1 heterocycles. The number of nitrogens with one attached hydrogen (secondary N) is 2. The third-order valence-corrected chi connectivity index (χ3v) is 5.38. The van der Waals surface area contributed by atoms with Gasteiger partial charge in [0.25, 0.3) is 0 Å². The van der Waals surface area contributed by atoms with Crippen LogP contribution >= 0.6 is 0 Å². The first-order valence-electron chi connectivity index (χ1n) is 10.9. The molecule has 0 saturated heterocycles. The molecule has 32 heavy (non-hydrogen) atoms. The van der Waals surface area contributed by atoms with Crippen LogP contribution in [0.4, 0.5) is 11.8 Å². The van der Waals surface area contributed by atoms with Gasteiger partial charge in [-0.2, -0.15) is 4.98 Å². The molecule has 0 aliphatic heterocycles. The van der Waals surface area contributed by atoms with Crippen molar-refractivity contribution < 1.29 is 5.11 Å². The zero-order valence-corrected chi connectivity index (χ0v) is 18.2. The summed E-state index contributed by atoms with van der Waals surface area (Å²) in [7, 11) is 0. The molecule has 0 radical (unpaired) electrons. The number of hydrogen-bond acceptors (Lipinski definition) is 5. The number of aromatic hydroxyl groups is 1. The molecule has 0 aliphatic carbocycles. The van der Waals surface area contributed by atoms with Crippen molar-refractivity contribution in [2.24, 2.45) is 0 Å².